The summed E-state index contributed by atoms with van der Waals surface area (Å²) >= 11 is 3.30. The lowest BCUT2D eigenvalue weighted by Crippen LogP contribution is -2.38. The van der Waals surface area contributed by atoms with Crippen molar-refractivity contribution in [3.63, 3.8) is 0 Å². The lowest BCUT2D eigenvalue weighted by atomic mass is 10.2. The highest BCUT2D eigenvalue weighted by Crippen LogP contribution is 2.30. The Morgan fingerprint density at radius 2 is 2.15 bits per heavy atom. The molecule has 0 radical (unpaired) electrons. The van der Waals surface area contributed by atoms with Crippen LogP contribution in [0.1, 0.15) is 16.9 Å². The van der Waals surface area contributed by atoms with Crippen LogP contribution in [-0.4, -0.2) is 49.2 Å². The number of carbonyl (C=O) groups is 2. The summed E-state index contributed by atoms with van der Waals surface area (Å²) in [6.07, 6.45) is 1.66. The minimum atomic E-state index is -4.04. The molecule has 3 rings (SSSR count). The van der Waals surface area contributed by atoms with Crippen molar-refractivity contribution in [2.75, 3.05) is 13.1 Å². The summed E-state index contributed by atoms with van der Waals surface area (Å²) in [6.45, 7) is 4.10. The first-order chi connectivity index (χ1) is 12.2. The third kappa shape index (κ3) is 3.39. The Hall–Kier alpha value is -2.17. The van der Waals surface area contributed by atoms with Gasteiger partial charge in [0.05, 0.1) is 0 Å². The number of fused-ring (bicyclic) bond motifs is 1. The lowest BCUT2D eigenvalue weighted by molar-refractivity contribution is -0.125. The number of hydrogen-bond donors (Lipinski definition) is 3. The minimum absolute atomic E-state index is 0.178. The van der Waals surface area contributed by atoms with Crippen molar-refractivity contribution in [1.82, 2.24) is 14.6 Å². The molecule has 0 unspecified atom stereocenters. The van der Waals surface area contributed by atoms with Crippen LogP contribution in [0.15, 0.2) is 40.2 Å². The van der Waals surface area contributed by atoms with Gasteiger partial charge in [0.15, 0.2) is 0 Å². The number of carbonyl (C=O) groups excluding carboxylic acids is 2. The van der Waals surface area contributed by atoms with Crippen LogP contribution in [0.2, 0.25) is 0 Å². The standard InChI is InChI=1S/C16H17BrN4O4S/c1-2-13(22)21-6-5-10(8-21)20-26(24,25)15-11-7-9(17)3-4-12(11)19-14(15)16(18)23/h2-4,7,10,19-20H,1,5-6,8H2,(H2,18,23)/t10-/m0/s1. The Labute approximate surface area is 158 Å². The number of nitrogens with two attached hydrogens (primary N) is 1. The number of hydrogen-bond acceptors (Lipinski definition) is 4. The van der Waals surface area contributed by atoms with Gasteiger partial charge in [0.1, 0.15) is 10.6 Å². The van der Waals surface area contributed by atoms with E-state index in [9.17, 15) is 18.0 Å². The van der Waals surface area contributed by atoms with E-state index in [4.69, 9.17) is 5.73 Å². The molecule has 1 saturated heterocycles. The Morgan fingerprint density at radius 1 is 1.42 bits per heavy atom. The maximum Gasteiger partial charge on any atom is 0.266 e. The summed E-state index contributed by atoms with van der Waals surface area (Å²) in [7, 11) is -4.04. The van der Waals surface area contributed by atoms with Gasteiger partial charge in [0.2, 0.25) is 15.9 Å². The number of nitrogens with one attached hydrogen (secondary N) is 2. The molecular weight excluding hydrogens is 424 g/mol. The van der Waals surface area contributed by atoms with Crippen molar-refractivity contribution >= 4 is 48.7 Å². The van der Waals surface area contributed by atoms with Crippen molar-refractivity contribution in [2.45, 2.75) is 17.4 Å². The molecule has 138 valence electrons. The molecule has 8 nitrogen and oxygen atoms in total. The van der Waals surface area contributed by atoms with Crippen LogP contribution in [0.25, 0.3) is 10.9 Å². The Balaban J connectivity index is 1.98. The molecule has 0 bridgehead atoms. The molecule has 0 spiro atoms. The molecule has 4 N–H and O–H groups in total. The second-order valence-corrected chi connectivity index (χ2v) is 8.55. The maximum absolute atomic E-state index is 13.0. The van der Waals surface area contributed by atoms with Gasteiger partial charge in [0, 0.05) is 34.5 Å². The third-order valence-electron chi connectivity index (χ3n) is 4.22. The highest BCUT2D eigenvalue weighted by atomic mass is 79.9. The number of amides is 2. The molecular formula is C16H17BrN4O4S. The first-order valence-corrected chi connectivity index (χ1v) is 10.0. The highest BCUT2D eigenvalue weighted by molar-refractivity contribution is 9.10. The first kappa shape index (κ1) is 18.6. The smallest absolute Gasteiger partial charge is 0.266 e. The Kier molecular flexibility index (Phi) is 4.91. The third-order valence-corrected chi connectivity index (χ3v) is 6.32. The maximum atomic E-state index is 13.0. The van der Waals surface area contributed by atoms with E-state index in [1.165, 1.54) is 11.0 Å². The van der Waals surface area contributed by atoms with E-state index in [-0.39, 0.29) is 23.0 Å². The Morgan fingerprint density at radius 3 is 2.81 bits per heavy atom. The zero-order valence-electron chi connectivity index (χ0n) is 13.7. The van der Waals surface area contributed by atoms with Crippen molar-refractivity contribution in [3.05, 3.63) is 41.0 Å². The van der Waals surface area contributed by atoms with Gasteiger partial charge >= 0.3 is 0 Å². The summed E-state index contributed by atoms with van der Waals surface area (Å²) in [5.74, 6) is -1.12. The molecule has 26 heavy (non-hydrogen) atoms. The summed E-state index contributed by atoms with van der Waals surface area (Å²) < 4.78 is 29.2. The normalized spacial score (nSPS) is 17.6. The number of aromatic amines is 1. The van der Waals surface area contributed by atoms with Crippen molar-refractivity contribution < 1.29 is 18.0 Å². The van der Waals surface area contributed by atoms with E-state index in [1.54, 1.807) is 18.2 Å². The average Bonchev–Trinajstić information content (AvgIpc) is 3.18. The fraction of sp³-hybridized carbons (Fsp3) is 0.250. The van der Waals surface area contributed by atoms with Crippen LogP contribution in [0.3, 0.4) is 0 Å². The average molecular weight is 441 g/mol. The van der Waals surface area contributed by atoms with Gasteiger partial charge < -0.3 is 15.6 Å². The number of aromatic nitrogens is 1. The molecule has 2 heterocycles. The van der Waals surface area contributed by atoms with Crippen LogP contribution in [-0.2, 0) is 14.8 Å². The molecule has 0 saturated carbocycles. The SMILES string of the molecule is C=CC(=O)N1CC[C@H](NS(=O)(=O)c2c(C(N)=O)[nH]c3ccc(Br)cc23)C1. The largest absolute Gasteiger partial charge is 0.364 e. The number of likely N-dealkylation sites (tertiary alicyclic amines) is 1. The fourth-order valence-corrected chi connectivity index (χ4v) is 5.05. The van der Waals surface area contributed by atoms with Gasteiger partial charge in [-0.15, -0.1) is 0 Å². The van der Waals surface area contributed by atoms with Crippen LogP contribution in [0.5, 0.6) is 0 Å². The summed E-state index contributed by atoms with van der Waals surface area (Å²) in [4.78, 5) is 27.5. The number of halogens is 1. The number of nitrogens with zero attached hydrogens (tertiary/aromatic N) is 1. The second-order valence-electron chi connectivity index (χ2n) is 5.98. The molecule has 1 fully saturated rings. The number of rotatable bonds is 5. The molecule has 2 aromatic rings. The summed E-state index contributed by atoms with van der Waals surface area (Å²) in [5.41, 5.74) is 5.67. The predicted octanol–water partition coefficient (Wildman–Crippen LogP) is 1.09. The minimum Gasteiger partial charge on any atom is -0.364 e. The van der Waals surface area contributed by atoms with E-state index in [2.05, 4.69) is 32.2 Å². The molecule has 1 aliphatic rings. The van der Waals surface area contributed by atoms with Gasteiger partial charge in [-0.25, -0.2) is 13.1 Å². The molecule has 2 amide bonds. The predicted molar refractivity (Wildman–Crippen MR) is 100 cm³/mol. The first-order valence-electron chi connectivity index (χ1n) is 7.77. The quantitative estimate of drug-likeness (QED) is 0.601. The van der Waals surface area contributed by atoms with Gasteiger partial charge in [-0.3, -0.25) is 9.59 Å². The van der Waals surface area contributed by atoms with Crippen LogP contribution < -0.4 is 10.5 Å². The number of primary amides is 1. The number of H-pyrrole nitrogens is 1. The second kappa shape index (κ2) is 6.86. The molecule has 1 aromatic heterocycles. The van der Waals surface area contributed by atoms with E-state index in [0.29, 0.717) is 28.3 Å². The molecule has 10 heteroatoms. The van der Waals surface area contributed by atoms with Crippen molar-refractivity contribution in [3.8, 4) is 0 Å². The molecule has 1 atom stereocenters. The van der Waals surface area contributed by atoms with Crippen LogP contribution in [0.4, 0.5) is 0 Å². The zero-order valence-corrected chi connectivity index (χ0v) is 16.1. The van der Waals surface area contributed by atoms with Crippen LogP contribution in [0, 0.1) is 0 Å². The molecule has 1 aromatic carbocycles. The number of benzene rings is 1. The van der Waals surface area contributed by atoms with Crippen molar-refractivity contribution in [1.29, 1.82) is 0 Å². The van der Waals surface area contributed by atoms with Crippen molar-refractivity contribution in [2.24, 2.45) is 5.73 Å². The monoisotopic (exact) mass is 440 g/mol. The Bertz CT molecular complexity index is 1010. The van der Waals surface area contributed by atoms with E-state index in [0.717, 1.165) is 0 Å². The van der Waals surface area contributed by atoms with Gasteiger partial charge in [0.25, 0.3) is 5.91 Å². The van der Waals surface area contributed by atoms with Gasteiger partial charge in [-0.1, -0.05) is 22.5 Å². The van der Waals surface area contributed by atoms with Crippen LogP contribution >= 0.6 is 15.9 Å². The highest BCUT2D eigenvalue weighted by Gasteiger charge is 2.32. The van der Waals surface area contributed by atoms with E-state index >= 15 is 0 Å². The summed E-state index contributed by atoms with van der Waals surface area (Å²) in [5, 5.41) is 0.359. The molecule has 0 aliphatic carbocycles. The topological polar surface area (TPSA) is 125 Å². The fourth-order valence-electron chi connectivity index (χ4n) is 3.06. The number of sulfonamides is 1. The summed E-state index contributed by atoms with van der Waals surface area (Å²) in [6, 6.07) is 4.53. The van der Waals surface area contributed by atoms with E-state index in [1.807, 2.05) is 0 Å². The van der Waals surface area contributed by atoms with Gasteiger partial charge in [-0.05, 0) is 30.7 Å². The zero-order chi connectivity index (χ0) is 19.1. The lowest BCUT2D eigenvalue weighted by Gasteiger charge is -2.15. The van der Waals surface area contributed by atoms with E-state index < -0.39 is 22.0 Å². The van der Waals surface area contributed by atoms with Gasteiger partial charge in [-0.2, -0.15) is 0 Å². The molecule has 1 aliphatic heterocycles.